The second-order valence-corrected chi connectivity index (χ2v) is 4.66. The molecule has 6 heteroatoms. The van der Waals surface area contributed by atoms with Crippen molar-refractivity contribution < 1.29 is 23.5 Å². The van der Waals surface area contributed by atoms with Gasteiger partial charge in [-0.25, -0.2) is 9.18 Å². The number of halogens is 1. The van der Waals surface area contributed by atoms with Crippen LogP contribution in [0.25, 0.3) is 6.08 Å². The molecular formula is C16H18FNO4. The van der Waals surface area contributed by atoms with Crippen LogP contribution in [0.2, 0.25) is 0 Å². The zero-order valence-corrected chi connectivity index (χ0v) is 12.7. The van der Waals surface area contributed by atoms with Gasteiger partial charge in [0, 0.05) is 11.6 Å². The molecule has 1 aromatic rings. The molecule has 22 heavy (non-hydrogen) atoms. The van der Waals surface area contributed by atoms with Crippen LogP contribution in [0.4, 0.5) is 4.39 Å². The first-order valence-electron chi connectivity index (χ1n) is 6.77. The largest absolute Gasteiger partial charge is 0.464 e. The molecule has 1 atom stereocenters. The van der Waals surface area contributed by atoms with E-state index < -0.39 is 29.5 Å². The van der Waals surface area contributed by atoms with Crippen molar-refractivity contribution in [2.45, 2.75) is 26.8 Å². The SMILES string of the molecule is CCOC(=O)C(NC(=O)/C=C/c1ccc(C)cc1F)C(C)=O. The molecule has 0 saturated carbocycles. The molecule has 0 aromatic heterocycles. The molecule has 1 unspecified atom stereocenters. The van der Waals surface area contributed by atoms with Gasteiger partial charge in [-0.3, -0.25) is 9.59 Å². The van der Waals surface area contributed by atoms with E-state index in [0.29, 0.717) is 0 Å². The molecule has 1 N–H and O–H groups in total. The zero-order valence-electron chi connectivity index (χ0n) is 12.7. The van der Waals surface area contributed by atoms with Crippen LogP contribution in [0.5, 0.6) is 0 Å². The first kappa shape index (κ1) is 17.6. The van der Waals surface area contributed by atoms with Crippen molar-refractivity contribution in [1.29, 1.82) is 0 Å². The fourth-order valence-corrected chi connectivity index (χ4v) is 1.68. The molecule has 0 bridgehead atoms. The third-order valence-corrected chi connectivity index (χ3v) is 2.79. The Morgan fingerprint density at radius 3 is 2.59 bits per heavy atom. The molecule has 5 nitrogen and oxygen atoms in total. The first-order valence-corrected chi connectivity index (χ1v) is 6.77. The van der Waals surface area contributed by atoms with Crippen LogP contribution in [-0.4, -0.2) is 30.3 Å². The predicted octanol–water partition coefficient (Wildman–Crippen LogP) is 1.78. The average Bonchev–Trinajstić information content (AvgIpc) is 2.43. The fraction of sp³-hybridized carbons (Fsp3) is 0.312. The van der Waals surface area contributed by atoms with Crippen molar-refractivity contribution >= 4 is 23.7 Å². The van der Waals surface area contributed by atoms with Gasteiger partial charge in [0.25, 0.3) is 0 Å². The number of ketones is 1. The number of hydrogen-bond donors (Lipinski definition) is 1. The summed E-state index contributed by atoms with van der Waals surface area (Å²) in [6.07, 6.45) is 2.33. The van der Waals surface area contributed by atoms with Gasteiger partial charge in [-0.05, 0) is 38.5 Å². The topological polar surface area (TPSA) is 72.5 Å². The quantitative estimate of drug-likeness (QED) is 0.494. The van der Waals surface area contributed by atoms with E-state index in [2.05, 4.69) is 5.32 Å². The Morgan fingerprint density at radius 2 is 2.05 bits per heavy atom. The summed E-state index contributed by atoms with van der Waals surface area (Å²) < 4.78 is 18.3. The molecule has 0 fully saturated rings. The highest BCUT2D eigenvalue weighted by atomic mass is 19.1. The van der Waals surface area contributed by atoms with E-state index in [9.17, 15) is 18.8 Å². The second kappa shape index (κ2) is 8.07. The van der Waals surface area contributed by atoms with Crippen LogP contribution < -0.4 is 5.32 Å². The number of amides is 1. The molecule has 0 aliphatic carbocycles. The van der Waals surface area contributed by atoms with E-state index in [-0.39, 0.29) is 12.2 Å². The smallest absolute Gasteiger partial charge is 0.336 e. The van der Waals surface area contributed by atoms with E-state index in [1.165, 1.54) is 25.1 Å². The summed E-state index contributed by atoms with van der Waals surface area (Å²) >= 11 is 0. The van der Waals surface area contributed by atoms with E-state index in [0.717, 1.165) is 11.6 Å². The highest BCUT2D eigenvalue weighted by Gasteiger charge is 2.25. The highest BCUT2D eigenvalue weighted by Crippen LogP contribution is 2.11. The van der Waals surface area contributed by atoms with Gasteiger partial charge in [0.05, 0.1) is 6.61 Å². The molecule has 118 valence electrons. The molecule has 1 aromatic carbocycles. The van der Waals surface area contributed by atoms with Gasteiger partial charge in [-0.1, -0.05) is 12.1 Å². The van der Waals surface area contributed by atoms with E-state index in [1.807, 2.05) is 0 Å². The van der Waals surface area contributed by atoms with Crippen LogP contribution in [0.15, 0.2) is 24.3 Å². The summed E-state index contributed by atoms with van der Waals surface area (Å²) in [7, 11) is 0. The molecule has 0 radical (unpaired) electrons. The number of aryl methyl sites for hydroxylation is 1. The van der Waals surface area contributed by atoms with Crippen molar-refractivity contribution in [1.82, 2.24) is 5.32 Å². The van der Waals surface area contributed by atoms with Crippen LogP contribution in [0.1, 0.15) is 25.0 Å². The number of hydrogen-bond acceptors (Lipinski definition) is 4. The van der Waals surface area contributed by atoms with Gasteiger partial charge in [-0.15, -0.1) is 0 Å². The highest BCUT2D eigenvalue weighted by molar-refractivity contribution is 6.06. The summed E-state index contributed by atoms with van der Waals surface area (Å²) in [5.74, 6) is -2.51. The number of ether oxygens (including phenoxy) is 1. The summed E-state index contributed by atoms with van der Waals surface area (Å²) in [6.45, 7) is 4.62. The lowest BCUT2D eigenvalue weighted by Crippen LogP contribution is -2.45. The van der Waals surface area contributed by atoms with Crippen LogP contribution in [0, 0.1) is 12.7 Å². The Bertz CT molecular complexity index is 610. The molecule has 0 aliphatic rings. The Kier molecular flexibility index (Phi) is 6.44. The molecule has 0 spiro atoms. The van der Waals surface area contributed by atoms with Gasteiger partial charge in [0.15, 0.2) is 11.8 Å². The van der Waals surface area contributed by atoms with Gasteiger partial charge in [0.1, 0.15) is 5.82 Å². The van der Waals surface area contributed by atoms with E-state index in [4.69, 9.17) is 4.74 Å². The Balaban J connectivity index is 2.76. The molecule has 0 saturated heterocycles. The van der Waals surface area contributed by atoms with Crippen molar-refractivity contribution in [3.8, 4) is 0 Å². The van der Waals surface area contributed by atoms with E-state index in [1.54, 1.807) is 19.9 Å². The molecule has 1 rings (SSSR count). The van der Waals surface area contributed by atoms with Crippen LogP contribution in [-0.2, 0) is 19.1 Å². The Labute approximate surface area is 128 Å². The standard InChI is InChI=1S/C16H18FNO4/c1-4-22-16(21)15(11(3)19)18-14(20)8-7-12-6-5-10(2)9-13(12)17/h5-9,15H,4H2,1-3H3,(H,18,20)/b8-7+. The normalized spacial score (nSPS) is 12.0. The first-order chi connectivity index (χ1) is 10.3. The van der Waals surface area contributed by atoms with Gasteiger partial charge in [-0.2, -0.15) is 0 Å². The van der Waals surface area contributed by atoms with Gasteiger partial charge < -0.3 is 10.1 Å². The number of Topliss-reactive ketones (excluding diaryl/α,β-unsaturated/α-hetero) is 1. The summed E-state index contributed by atoms with van der Waals surface area (Å²) in [5, 5.41) is 2.23. The number of carbonyl (C=O) groups excluding carboxylic acids is 3. The third-order valence-electron chi connectivity index (χ3n) is 2.79. The lowest BCUT2D eigenvalue weighted by Gasteiger charge is -2.13. The maximum atomic E-state index is 13.6. The molecule has 0 heterocycles. The van der Waals surface area contributed by atoms with E-state index >= 15 is 0 Å². The zero-order chi connectivity index (χ0) is 16.7. The predicted molar refractivity (Wildman–Crippen MR) is 79.4 cm³/mol. The minimum absolute atomic E-state index is 0.100. The molecular weight excluding hydrogens is 289 g/mol. The van der Waals surface area contributed by atoms with Gasteiger partial charge in [0.2, 0.25) is 5.91 Å². The maximum Gasteiger partial charge on any atom is 0.336 e. The monoisotopic (exact) mass is 307 g/mol. The molecule has 1 amide bonds. The van der Waals surface area contributed by atoms with Crippen molar-refractivity contribution in [2.75, 3.05) is 6.61 Å². The lowest BCUT2D eigenvalue weighted by molar-refractivity contribution is -0.149. The van der Waals surface area contributed by atoms with Gasteiger partial charge >= 0.3 is 5.97 Å². The fourth-order valence-electron chi connectivity index (χ4n) is 1.68. The maximum absolute atomic E-state index is 13.6. The number of esters is 1. The summed E-state index contributed by atoms with van der Waals surface area (Å²) in [5.41, 5.74) is 0.995. The minimum atomic E-state index is -1.36. The van der Waals surface area contributed by atoms with Crippen LogP contribution in [0.3, 0.4) is 0 Å². The molecule has 0 aliphatic heterocycles. The number of carbonyl (C=O) groups is 3. The van der Waals surface area contributed by atoms with Crippen molar-refractivity contribution in [2.24, 2.45) is 0 Å². The second-order valence-electron chi connectivity index (χ2n) is 4.66. The average molecular weight is 307 g/mol. The Morgan fingerprint density at radius 1 is 1.36 bits per heavy atom. The lowest BCUT2D eigenvalue weighted by atomic mass is 10.1. The number of rotatable bonds is 6. The summed E-state index contributed by atoms with van der Waals surface area (Å²) in [4.78, 5) is 34.6. The minimum Gasteiger partial charge on any atom is -0.464 e. The van der Waals surface area contributed by atoms with Crippen molar-refractivity contribution in [3.63, 3.8) is 0 Å². The Hall–Kier alpha value is -2.50. The summed E-state index contributed by atoms with van der Waals surface area (Å²) in [6, 6.07) is 3.22. The number of nitrogens with one attached hydrogen (secondary N) is 1. The van der Waals surface area contributed by atoms with Crippen molar-refractivity contribution in [3.05, 3.63) is 41.2 Å². The number of benzene rings is 1. The van der Waals surface area contributed by atoms with Crippen LogP contribution >= 0.6 is 0 Å². The third kappa shape index (κ3) is 5.12.